The Hall–Kier alpha value is -0.620. The molecule has 1 aliphatic carbocycles. The van der Waals surface area contributed by atoms with Gasteiger partial charge in [0.1, 0.15) is 0 Å². The highest BCUT2D eigenvalue weighted by Gasteiger charge is 2.32. The number of nitrogens with one attached hydrogen (secondary N) is 2. The summed E-state index contributed by atoms with van der Waals surface area (Å²) in [6.45, 7) is 10.2. The quantitative estimate of drug-likeness (QED) is 0.662. The predicted octanol–water partition coefficient (Wildman–Crippen LogP) is 2.41. The fourth-order valence-electron chi connectivity index (χ4n) is 3.33. The smallest absolute Gasteiger partial charge is 0.315 e. The first-order chi connectivity index (χ1) is 10.7. The first-order valence-corrected chi connectivity index (χ1v) is 10.2. The predicted molar refractivity (Wildman–Crippen MR) is 95.9 cm³/mol. The average Bonchev–Trinajstić information content (AvgIpc) is 2.52. The van der Waals surface area contributed by atoms with Gasteiger partial charge in [0.05, 0.1) is 11.4 Å². The van der Waals surface area contributed by atoms with E-state index in [-0.39, 0.29) is 28.7 Å². The van der Waals surface area contributed by atoms with Crippen LogP contribution in [-0.4, -0.2) is 45.0 Å². The largest absolute Gasteiger partial charge is 0.392 e. The van der Waals surface area contributed by atoms with Crippen molar-refractivity contribution in [2.75, 3.05) is 12.3 Å². The maximum atomic E-state index is 12.2. The molecule has 1 aliphatic rings. The zero-order valence-electron chi connectivity index (χ0n) is 15.2. The van der Waals surface area contributed by atoms with Gasteiger partial charge in [0.15, 0.2) is 0 Å². The van der Waals surface area contributed by atoms with E-state index in [9.17, 15) is 14.1 Å². The van der Waals surface area contributed by atoms with Crippen LogP contribution in [0.5, 0.6) is 0 Å². The van der Waals surface area contributed by atoms with Crippen molar-refractivity contribution in [2.24, 2.45) is 11.3 Å². The molecule has 6 heteroatoms. The van der Waals surface area contributed by atoms with Crippen LogP contribution in [0.2, 0.25) is 0 Å². The van der Waals surface area contributed by atoms with Crippen molar-refractivity contribution in [3.05, 3.63) is 0 Å². The Morgan fingerprint density at radius 3 is 2.48 bits per heavy atom. The molecule has 1 saturated carbocycles. The molecule has 1 rings (SSSR count). The summed E-state index contributed by atoms with van der Waals surface area (Å²) in [5, 5.41) is 16.2. The van der Waals surface area contributed by atoms with Gasteiger partial charge in [-0.05, 0) is 18.8 Å². The Morgan fingerprint density at radius 1 is 1.30 bits per heavy atom. The number of hydrogen-bond donors (Lipinski definition) is 3. The van der Waals surface area contributed by atoms with Crippen LogP contribution >= 0.6 is 0 Å². The van der Waals surface area contributed by atoms with E-state index in [1.807, 2.05) is 34.6 Å². The van der Waals surface area contributed by atoms with Crippen molar-refractivity contribution >= 4 is 16.8 Å². The van der Waals surface area contributed by atoms with E-state index in [1.165, 1.54) is 0 Å². The minimum Gasteiger partial charge on any atom is -0.392 e. The lowest BCUT2D eigenvalue weighted by Gasteiger charge is -2.34. The Bertz CT molecular complexity index is 413. The van der Waals surface area contributed by atoms with E-state index >= 15 is 0 Å². The molecule has 0 bridgehead atoms. The second kappa shape index (κ2) is 9.02. The molecule has 0 aliphatic heterocycles. The van der Waals surface area contributed by atoms with Gasteiger partial charge in [0, 0.05) is 34.6 Å². The van der Waals surface area contributed by atoms with E-state index in [4.69, 9.17) is 0 Å². The molecule has 3 N–H and O–H groups in total. The number of aliphatic hydroxyl groups is 1. The van der Waals surface area contributed by atoms with Gasteiger partial charge in [-0.25, -0.2) is 4.79 Å². The standard InChI is InChI=1S/C17H34N2O3S/c1-6-23(22)14-10-8-7-9-13(14)19-16(21)18-11-17(4,5)15(20)12(2)3/h12-15,20H,6-11H2,1-5H3,(H2,18,19,21)/t13-,14-,15-,23+/m1/s1. The van der Waals surface area contributed by atoms with Crippen LogP contribution in [0.25, 0.3) is 0 Å². The van der Waals surface area contributed by atoms with Crippen molar-refractivity contribution in [3.8, 4) is 0 Å². The van der Waals surface area contributed by atoms with Gasteiger partial charge < -0.3 is 15.7 Å². The molecule has 0 aromatic rings. The number of amides is 2. The Kier molecular flexibility index (Phi) is 8.01. The van der Waals surface area contributed by atoms with Crippen molar-refractivity contribution in [3.63, 3.8) is 0 Å². The van der Waals surface area contributed by atoms with E-state index in [0.29, 0.717) is 12.3 Å². The Morgan fingerprint density at radius 2 is 1.91 bits per heavy atom. The minimum absolute atomic E-state index is 0.0114. The van der Waals surface area contributed by atoms with Crippen LogP contribution < -0.4 is 10.6 Å². The number of aliphatic hydroxyl groups excluding tert-OH is 1. The van der Waals surface area contributed by atoms with E-state index in [0.717, 1.165) is 25.7 Å². The van der Waals surface area contributed by atoms with E-state index in [1.54, 1.807) is 0 Å². The number of carbonyl (C=O) groups is 1. The second-order valence-corrected chi connectivity index (χ2v) is 9.55. The Labute approximate surface area is 143 Å². The monoisotopic (exact) mass is 346 g/mol. The molecular weight excluding hydrogens is 312 g/mol. The fourth-order valence-corrected chi connectivity index (χ4v) is 4.75. The van der Waals surface area contributed by atoms with Crippen LogP contribution in [0.3, 0.4) is 0 Å². The maximum Gasteiger partial charge on any atom is 0.315 e. The zero-order chi connectivity index (χ0) is 17.6. The van der Waals surface area contributed by atoms with Gasteiger partial charge in [-0.2, -0.15) is 0 Å². The van der Waals surface area contributed by atoms with Crippen molar-refractivity contribution in [2.45, 2.75) is 77.7 Å². The third kappa shape index (κ3) is 6.07. The fraction of sp³-hybridized carbons (Fsp3) is 0.941. The highest BCUT2D eigenvalue weighted by molar-refractivity contribution is 7.85. The lowest BCUT2D eigenvalue weighted by atomic mass is 9.81. The molecule has 5 nitrogen and oxygen atoms in total. The lowest BCUT2D eigenvalue weighted by molar-refractivity contribution is 0.0151. The number of rotatable bonds is 7. The van der Waals surface area contributed by atoms with Crippen molar-refractivity contribution in [1.29, 1.82) is 0 Å². The van der Waals surface area contributed by atoms with Crippen LogP contribution in [-0.2, 0) is 10.8 Å². The van der Waals surface area contributed by atoms with Gasteiger partial charge >= 0.3 is 6.03 Å². The summed E-state index contributed by atoms with van der Waals surface area (Å²) in [5.41, 5.74) is -0.385. The van der Waals surface area contributed by atoms with Gasteiger partial charge in [0.2, 0.25) is 0 Å². The first-order valence-electron chi connectivity index (χ1n) is 8.78. The highest BCUT2D eigenvalue weighted by atomic mass is 32.2. The summed E-state index contributed by atoms with van der Waals surface area (Å²) >= 11 is 0. The molecular formula is C17H34N2O3S. The van der Waals surface area contributed by atoms with Gasteiger partial charge in [0.25, 0.3) is 0 Å². The van der Waals surface area contributed by atoms with E-state index in [2.05, 4.69) is 10.6 Å². The SMILES string of the molecule is CC[S@](=O)[C@@H]1CCCC[C@H]1NC(=O)NCC(C)(C)[C@H](O)C(C)C. The minimum atomic E-state index is -0.877. The van der Waals surface area contributed by atoms with Gasteiger partial charge in [-0.15, -0.1) is 0 Å². The summed E-state index contributed by atoms with van der Waals surface area (Å²) in [7, 11) is -0.877. The molecule has 0 unspecified atom stereocenters. The normalized spacial score (nSPS) is 25.0. The summed E-state index contributed by atoms with van der Waals surface area (Å²) in [6.07, 6.45) is 3.49. The van der Waals surface area contributed by atoms with Crippen molar-refractivity contribution in [1.82, 2.24) is 10.6 Å². The molecule has 0 spiro atoms. The second-order valence-electron chi connectivity index (χ2n) is 7.60. The van der Waals surface area contributed by atoms with Crippen LogP contribution in [0, 0.1) is 11.3 Å². The maximum absolute atomic E-state index is 12.2. The molecule has 0 saturated heterocycles. The average molecular weight is 347 g/mol. The van der Waals surface area contributed by atoms with E-state index < -0.39 is 16.9 Å². The summed E-state index contributed by atoms with van der Waals surface area (Å²) in [6, 6.07) is -0.235. The molecule has 2 amide bonds. The van der Waals surface area contributed by atoms with Gasteiger partial charge in [-0.1, -0.05) is 47.5 Å². The molecule has 0 radical (unpaired) electrons. The topological polar surface area (TPSA) is 78.4 Å². The molecule has 1 fully saturated rings. The summed E-state index contributed by atoms with van der Waals surface area (Å²) < 4.78 is 12.1. The third-order valence-electron chi connectivity index (χ3n) is 4.78. The lowest BCUT2D eigenvalue weighted by Crippen LogP contribution is -2.53. The number of carbonyl (C=O) groups excluding carboxylic acids is 1. The summed E-state index contributed by atoms with van der Waals surface area (Å²) in [4.78, 5) is 12.2. The number of hydrogen-bond acceptors (Lipinski definition) is 3. The number of urea groups is 1. The third-order valence-corrected chi connectivity index (χ3v) is 6.59. The first kappa shape index (κ1) is 20.4. The Balaban J connectivity index is 2.53. The van der Waals surface area contributed by atoms with Crippen molar-refractivity contribution < 1.29 is 14.1 Å². The molecule has 4 atom stereocenters. The van der Waals surface area contributed by atoms with Crippen LogP contribution in [0.4, 0.5) is 4.79 Å². The summed E-state index contributed by atoms with van der Waals surface area (Å²) in [5.74, 6) is 0.780. The molecule has 136 valence electrons. The molecule has 23 heavy (non-hydrogen) atoms. The zero-order valence-corrected chi connectivity index (χ0v) is 16.0. The molecule has 0 heterocycles. The highest BCUT2D eigenvalue weighted by Crippen LogP contribution is 2.25. The molecule has 0 aromatic heterocycles. The van der Waals surface area contributed by atoms with Gasteiger partial charge in [-0.3, -0.25) is 4.21 Å². The molecule has 0 aromatic carbocycles. The van der Waals surface area contributed by atoms with Crippen LogP contribution in [0.1, 0.15) is 60.3 Å². The van der Waals surface area contributed by atoms with Crippen LogP contribution in [0.15, 0.2) is 0 Å².